The van der Waals surface area contributed by atoms with Crippen molar-refractivity contribution in [1.29, 1.82) is 0 Å². The zero-order chi connectivity index (χ0) is 30.1. The van der Waals surface area contributed by atoms with Gasteiger partial charge in [-0.05, 0) is 12.8 Å². The fourth-order valence-electron chi connectivity index (χ4n) is 3.96. The molecule has 0 aliphatic carbocycles. The van der Waals surface area contributed by atoms with Crippen LogP contribution in [0.15, 0.2) is 0 Å². The molecule has 0 heterocycles. The molecule has 0 saturated carbocycles. The van der Waals surface area contributed by atoms with Crippen LogP contribution in [0.4, 0.5) is 0 Å². The lowest BCUT2D eigenvalue weighted by Gasteiger charge is -2.18. The zero-order valence-corrected chi connectivity index (χ0v) is 25.5. The number of nitrogens with one attached hydrogen (secondary N) is 1. The maximum Gasteiger partial charge on any atom is 0.472 e. The molecule has 1 amide bonds. The van der Waals surface area contributed by atoms with Crippen LogP contribution >= 0.6 is 7.82 Å². The summed E-state index contributed by atoms with van der Waals surface area (Å²) in [6, 6.07) is -1.53. The number of carbonyl (C=O) groups is 3. The first-order valence-corrected chi connectivity index (χ1v) is 16.6. The molecule has 0 aromatic heterocycles. The van der Waals surface area contributed by atoms with E-state index in [-0.39, 0.29) is 12.8 Å². The van der Waals surface area contributed by atoms with E-state index in [0.717, 1.165) is 51.4 Å². The second kappa shape index (κ2) is 25.2. The van der Waals surface area contributed by atoms with Crippen molar-refractivity contribution in [3.8, 4) is 0 Å². The summed E-state index contributed by atoms with van der Waals surface area (Å²) in [5.41, 5.74) is 0. The smallest absolute Gasteiger partial charge is 0.472 e. The number of aliphatic hydroxyl groups excluding tert-OH is 1. The predicted octanol–water partition coefficient (Wildman–Crippen LogP) is 5.66. The fourth-order valence-corrected chi connectivity index (χ4v) is 4.73. The lowest BCUT2D eigenvalue weighted by atomic mass is 10.1. The van der Waals surface area contributed by atoms with E-state index in [1.165, 1.54) is 38.5 Å². The Morgan fingerprint density at radius 2 is 1.15 bits per heavy atom. The quantitative estimate of drug-likeness (QED) is 0.0503. The normalized spacial score (nSPS) is 14.3. The van der Waals surface area contributed by atoms with Crippen molar-refractivity contribution in [1.82, 2.24) is 5.32 Å². The number of hydrogen-bond acceptors (Lipinski definition) is 8. The summed E-state index contributed by atoms with van der Waals surface area (Å²) >= 11 is 0. The monoisotopic (exact) mass is 595 g/mol. The van der Waals surface area contributed by atoms with Gasteiger partial charge in [-0.1, -0.05) is 104 Å². The van der Waals surface area contributed by atoms with Crippen molar-refractivity contribution < 1.29 is 47.8 Å². The van der Waals surface area contributed by atoms with E-state index in [2.05, 4.69) is 23.7 Å². The van der Waals surface area contributed by atoms with Crippen LogP contribution in [0, 0.1) is 0 Å². The highest BCUT2D eigenvalue weighted by molar-refractivity contribution is 7.47. The molecule has 0 aliphatic rings. The van der Waals surface area contributed by atoms with Crippen molar-refractivity contribution in [2.24, 2.45) is 0 Å². The SMILES string of the molecule is CCCCCCCCCCCCC(=O)OCC(O)COP(=O)(O)OCC(NC(=O)CCCCCCCC)C(=O)O. The maximum atomic E-state index is 12.1. The van der Waals surface area contributed by atoms with Crippen LogP contribution in [0.25, 0.3) is 0 Å². The van der Waals surface area contributed by atoms with Crippen molar-refractivity contribution in [2.75, 3.05) is 19.8 Å². The summed E-state index contributed by atoms with van der Waals surface area (Å²) in [4.78, 5) is 45.1. The number of carboxylic acids is 1. The molecular weight excluding hydrogens is 541 g/mol. The molecule has 3 atom stereocenters. The average molecular weight is 596 g/mol. The van der Waals surface area contributed by atoms with E-state index in [9.17, 15) is 34.1 Å². The number of carboxylic acid groups (broad SMARTS) is 1. The van der Waals surface area contributed by atoms with E-state index in [0.29, 0.717) is 12.8 Å². The summed E-state index contributed by atoms with van der Waals surface area (Å²) in [5, 5.41) is 21.5. The molecule has 0 aliphatic heterocycles. The molecule has 0 spiro atoms. The Balaban J connectivity index is 4.04. The zero-order valence-electron chi connectivity index (χ0n) is 24.7. The highest BCUT2D eigenvalue weighted by Crippen LogP contribution is 2.43. The summed E-state index contributed by atoms with van der Waals surface area (Å²) in [5.74, 6) is -2.39. The molecule has 0 fully saturated rings. The number of phosphoric ester groups is 1. The van der Waals surface area contributed by atoms with E-state index in [4.69, 9.17) is 9.26 Å². The molecule has 40 heavy (non-hydrogen) atoms. The van der Waals surface area contributed by atoms with Crippen molar-refractivity contribution in [2.45, 2.75) is 142 Å². The van der Waals surface area contributed by atoms with Crippen LogP contribution < -0.4 is 5.32 Å². The molecular formula is C28H54NO10P. The van der Waals surface area contributed by atoms with Gasteiger partial charge in [0.05, 0.1) is 13.2 Å². The van der Waals surface area contributed by atoms with E-state index < -0.39 is 57.6 Å². The Bertz CT molecular complexity index is 721. The van der Waals surface area contributed by atoms with Crippen LogP contribution in [-0.4, -0.2) is 64.9 Å². The third kappa shape index (κ3) is 24.3. The lowest BCUT2D eigenvalue weighted by Crippen LogP contribution is -2.43. The Hall–Kier alpha value is -1.52. The molecule has 0 aromatic rings. The molecule has 3 unspecified atom stereocenters. The summed E-state index contributed by atoms with van der Waals surface area (Å²) in [6.07, 6.45) is 16.3. The van der Waals surface area contributed by atoms with Gasteiger partial charge in [0.15, 0.2) is 6.04 Å². The Kier molecular flexibility index (Phi) is 24.3. The highest BCUT2D eigenvalue weighted by Gasteiger charge is 2.28. The van der Waals surface area contributed by atoms with Gasteiger partial charge in [-0.25, -0.2) is 9.36 Å². The largest absolute Gasteiger partial charge is 0.480 e. The molecule has 0 saturated heterocycles. The first-order chi connectivity index (χ1) is 19.1. The van der Waals surface area contributed by atoms with Crippen LogP contribution in [0.2, 0.25) is 0 Å². The fraction of sp³-hybridized carbons (Fsp3) is 0.893. The van der Waals surface area contributed by atoms with Gasteiger partial charge in [0.1, 0.15) is 12.7 Å². The van der Waals surface area contributed by atoms with Gasteiger partial charge in [0.25, 0.3) is 0 Å². The van der Waals surface area contributed by atoms with Gasteiger partial charge in [-0.3, -0.25) is 18.6 Å². The van der Waals surface area contributed by atoms with Gasteiger partial charge in [-0.15, -0.1) is 0 Å². The van der Waals surface area contributed by atoms with Gasteiger partial charge >= 0.3 is 19.8 Å². The number of aliphatic carboxylic acids is 1. The van der Waals surface area contributed by atoms with E-state index in [1.54, 1.807) is 0 Å². The first-order valence-electron chi connectivity index (χ1n) is 15.1. The summed E-state index contributed by atoms with van der Waals surface area (Å²) in [7, 11) is -4.72. The first kappa shape index (κ1) is 38.5. The minimum atomic E-state index is -4.72. The van der Waals surface area contributed by atoms with E-state index >= 15 is 0 Å². The van der Waals surface area contributed by atoms with Crippen LogP contribution in [0.1, 0.15) is 129 Å². The third-order valence-corrected chi connectivity index (χ3v) is 7.35. The number of amides is 1. The van der Waals surface area contributed by atoms with Crippen LogP contribution in [0.3, 0.4) is 0 Å². The molecule has 4 N–H and O–H groups in total. The molecule has 12 heteroatoms. The Labute approximate surface area is 240 Å². The second-order valence-corrected chi connectivity index (χ2v) is 11.8. The van der Waals surface area contributed by atoms with Crippen molar-refractivity contribution >= 4 is 25.7 Å². The third-order valence-electron chi connectivity index (χ3n) is 6.40. The molecule has 0 rings (SSSR count). The Morgan fingerprint density at radius 1 is 0.700 bits per heavy atom. The standard InChI is InChI=1S/C28H54NO10P/c1-3-5-7-9-11-12-13-14-16-18-20-27(32)37-21-24(30)22-38-40(35,36)39-23-25(28(33)34)29-26(31)19-17-15-10-8-6-4-2/h24-25,30H,3-23H2,1-2H3,(H,29,31)(H,33,34)(H,35,36). The number of aliphatic hydroxyl groups is 1. The number of hydrogen-bond donors (Lipinski definition) is 4. The molecule has 0 bridgehead atoms. The summed E-state index contributed by atoms with van der Waals surface area (Å²) in [6.45, 7) is 2.43. The van der Waals surface area contributed by atoms with Gasteiger partial charge in [-0.2, -0.15) is 0 Å². The van der Waals surface area contributed by atoms with E-state index in [1.807, 2.05) is 0 Å². The molecule has 0 radical (unpaired) electrons. The second-order valence-electron chi connectivity index (χ2n) is 10.3. The number of ether oxygens (including phenoxy) is 1. The predicted molar refractivity (Wildman–Crippen MR) is 153 cm³/mol. The lowest BCUT2D eigenvalue weighted by molar-refractivity contribution is -0.147. The van der Waals surface area contributed by atoms with Gasteiger partial charge in [0.2, 0.25) is 5.91 Å². The van der Waals surface area contributed by atoms with Crippen LogP contribution in [-0.2, 0) is 32.7 Å². The average Bonchev–Trinajstić information content (AvgIpc) is 2.91. The molecule has 0 aromatic carbocycles. The highest BCUT2D eigenvalue weighted by atomic mass is 31.2. The number of esters is 1. The van der Waals surface area contributed by atoms with Crippen molar-refractivity contribution in [3.05, 3.63) is 0 Å². The van der Waals surface area contributed by atoms with Crippen LogP contribution in [0.5, 0.6) is 0 Å². The number of unbranched alkanes of at least 4 members (excludes halogenated alkanes) is 14. The number of rotatable bonds is 28. The topological polar surface area (TPSA) is 169 Å². The van der Waals surface area contributed by atoms with Gasteiger partial charge < -0.3 is 25.2 Å². The minimum Gasteiger partial charge on any atom is -0.480 e. The summed E-state index contributed by atoms with van der Waals surface area (Å²) < 4.78 is 26.4. The number of phosphoric acid groups is 1. The minimum absolute atomic E-state index is 0.146. The number of carbonyl (C=O) groups excluding carboxylic acids is 2. The molecule has 11 nitrogen and oxygen atoms in total. The van der Waals surface area contributed by atoms with Gasteiger partial charge in [0, 0.05) is 12.8 Å². The maximum absolute atomic E-state index is 12.1. The molecule has 236 valence electrons. The van der Waals surface area contributed by atoms with Crippen molar-refractivity contribution in [3.63, 3.8) is 0 Å². The Morgan fingerprint density at radius 3 is 1.65 bits per heavy atom.